The van der Waals surface area contributed by atoms with Gasteiger partial charge in [-0.3, -0.25) is 14.5 Å². The summed E-state index contributed by atoms with van der Waals surface area (Å²) in [5, 5.41) is 12.5. The average Bonchev–Trinajstić information content (AvgIpc) is 3.19. The van der Waals surface area contributed by atoms with E-state index in [1.165, 1.54) is 0 Å². The normalized spacial score (nSPS) is 25.4. The average molecular weight is 348 g/mol. The molecular weight excluding hydrogens is 324 g/mol. The maximum absolute atomic E-state index is 12.6. The van der Waals surface area contributed by atoms with Crippen LogP contribution in [0.15, 0.2) is 18.2 Å². The first-order valence-electron chi connectivity index (χ1n) is 8.50. The second-order valence-corrected chi connectivity index (χ2v) is 6.58. The number of benzene rings is 1. The molecular formula is C18H24N2O5. The number of hydrogen-bond donors (Lipinski definition) is 2. The zero-order valence-corrected chi connectivity index (χ0v) is 14.6. The van der Waals surface area contributed by atoms with Crippen LogP contribution >= 0.6 is 0 Å². The van der Waals surface area contributed by atoms with Crippen LogP contribution in [0, 0.1) is 0 Å². The number of amides is 1. The molecule has 7 nitrogen and oxygen atoms in total. The van der Waals surface area contributed by atoms with Crippen LogP contribution in [0.25, 0.3) is 0 Å². The quantitative estimate of drug-likeness (QED) is 0.808. The molecule has 2 aliphatic rings. The molecule has 25 heavy (non-hydrogen) atoms. The number of hydrogen-bond acceptors (Lipinski definition) is 5. The Balaban J connectivity index is 1.67. The number of carbonyl (C=O) groups excluding carboxylic acids is 1. The van der Waals surface area contributed by atoms with Crippen molar-refractivity contribution in [1.82, 2.24) is 10.2 Å². The Morgan fingerprint density at radius 1 is 1.32 bits per heavy atom. The zero-order valence-electron chi connectivity index (χ0n) is 14.6. The van der Waals surface area contributed by atoms with Crippen molar-refractivity contribution in [3.63, 3.8) is 0 Å². The van der Waals surface area contributed by atoms with E-state index in [0.29, 0.717) is 43.9 Å². The molecule has 2 unspecified atom stereocenters. The maximum Gasteiger partial charge on any atom is 0.324 e. The number of nitrogens with one attached hydrogen (secondary N) is 1. The van der Waals surface area contributed by atoms with Gasteiger partial charge in [0.05, 0.1) is 20.3 Å². The first-order chi connectivity index (χ1) is 12.0. The molecule has 0 spiro atoms. The number of nitrogens with zero attached hydrogens (tertiary/aromatic N) is 1. The van der Waals surface area contributed by atoms with Crippen molar-refractivity contribution >= 4 is 11.9 Å². The van der Waals surface area contributed by atoms with Crippen LogP contribution in [0.4, 0.5) is 0 Å². The van der Waals surface area contributed by atoms with Crippen LogP contribution in [0.3, 0.4) is 0 Å². The summed E-state index contributed by atoms with van der Waals surface area (Å²) in [5.74, 6) is 0.401. The first-order valence-corrected chi connectivity index (χ1v) is 8.50. The molecule has 1 amide bonds. The molecule has 2 heterocycles. The summed E-state index contributed by atoms with van der Waals surface area (Å²) in [7, 11) is 3.16. The van der Waals surface area contributed by atoms with Gasteiger partial charge in [-0.15, -0.1) is 0 Å². The van der Waals surface area contributed by atoms with E-state index in [4.69, 9.17) is 9.47 Å². The molecule has 0 bridgehead atoms. The molecule has 1 aromatic rings. The van der Waals surface area contributed by atoms with Gasteiger partial charge in [-0.1, -0.05) is 0 Å². The lowest BCUT2D eigenvalue weighted by atomic mass is 9.94. The molecule has 3 rings (SSSR count). The number of methoxy groups -OCH3 is 2. The minimum atomic E-state index is -0.847. The van der Waals surface area contributed by atoms with Crippen LogP contribution in [-0.4, -0.2) is 54.2 Å². The Morgan fingerprint density at radius 2 is 2.12 bits per heavy atom. The third kappa shape index (κ3) is 3.04. The standard InChI is InChI=1S/C18H24N2O5/c1-24-13-5-4-12(15(10-13)25-2)11-19-16(21)14-6-8-18(17(22)23)7-3-9-20(14)18/h4-5,10,14H,3,6-9,11H2,1-2H3,(H,19,21)(H,22,23). The van der Waals surface area contributed by atoms with E-state index in [1.807, 2.05) is 17.0 Å². The van der Waals surface area contributed by atoms with Crippen molar-refractivity contribution in [1.29, 1.82) is 0 Å². The topological polar surface area (TPSA) is 88.1 Å². The van der Waals surface area contributed by atoms with E-state index in [2.05, 4.69) is 5.32 Å². The number of carbonyl (C=O) groups is 2. The van der Waals surface area contributed by atoms with Crippen LogP contribution in [0.5, 0.6) is 11.5 Å². The summed E-state index contributed by atoms with van der Waals surface area (Å²) in [6.07, 6.45) is 2.56. The van der Waals surface area contributed by atoms with Crippen molar-refractivity contribution in [2.75, 3.05) is 20.8 Å². The van der Waals surface area contributed by atoms with E-state index >= 15 is 0 Å². The minimum Gasteiger partial charge on any atom is -0.497 e. The van der Waals surface area contributed by atoms with Gasteiger partial charge in [0.1, 0.15) is 17.0 Å². The molecule has 2 aliphatic heterocycles. The summed E-state index contributed by atoms with van der Waals surface area (Å²) < 4.78 is 10.5. The lowest BCUT2D eigenvalue weighted by Crippen LogP contribution is -2.52. The summed E-state index contributed by atoms with van der Waals surface area (Å²) in [6, 6.07) is 5.06. The highest BCUT2D eigenvalue weighted by Crippen LogP contribution is 2.42. The van der Waals surface area contributed by atoms with E-state index in [0.717, 1.165) is 12.0 Å². The molecule has 2 atom stereocenters. The molecule has 0 aromatic heterocycles. The van der Waals surface area contributed by atoms with Gasteiger partial charge < -0.3 is 19.9 Å². The van der Waals surface area contributed by atoms with E-state index in [9.17, 15) is 14.7 Å². The van der Waals surface area contributed by atoms with Gasteiger partial charge >= 0.3 is 5.97 Å². The van der Waals surface area contributed by atoms with Crippen LogP contribution in [0.2, 0.25) is 0 Å². The van der Waals surface area contributed by atoms with E-state index in [1.54, 1.807) is 20.3 Å². The summed E-state index contributed by atoms with van der Waals surface area (Å²) in [4.78, 5) is 26.2. The van der Waals surface area contributed by atoms with Gasteiger partial charge in [0, 0.05) is 24.7 Å². The molecule has 2 N–H and O–H groups in total. The van der Waals surface area contributed by atoms with E-state index in [-0.39, 0.29) is 11.9 Å². The first kappa shape index (κ1) is 17.5. The minimum absolute atomic E-state index is 0.122. The fourth-order valence-electron chi connectivity index (χ4n) is 4.06. The Kier molecular flexibility index (Phi) is 4.85. The number of fused-ring (bicyclic) bond motifs is 1. The van der Waals surface area contributed by atoms with Gasteiger partial charge in [0.25, 0.3) is 0 Å². The van der Waals surface area contributed by atoms with E-state index < -0.39 is 11.5 Å². The van der Waals surface area contributed by atoms with Crippen molar-refractivity contribution in [2.45, 2.75) is 43.8 Å². The molecule has 7 heteroatoms. The van der Waals surface area contributed by atoms with Gasteiger partial charge in [-0.05, 0) is 37.8 Å². The highest BCUT2D eigenvalue weighted by atomic mass is 16.5. The molecule has 0 radical (unpaired) electrons. The Labute approximate surface area is 146 Å². The molecule has 2 fully saturated rings. The Hall–Kier alpha value is -2.28. The predicted octanol–water partition coefficient (Wildman–Crippen LogP) is 1.40. The molecule has 2 saturated heterocycles. The lowest BCUT2D eigenvalue weighted by molar-refractivity contribution is -0.149. The maximum atomic E-state index is 12.6. The van der Waals surface area contributed by atoms with Crippen molar-refractivity contribution in [3.05, 3.63) is 23.8 Å². The van der Waals surface area contributed by atoms with Gasteiger partial charge in [-0.25, -0.2) is 0 Å². The largest absolute Gasteiger partial charge is 0.497 e. The Morgan fingerprint density at radius 3 is 2.80 bits per heavy atom. The lowest BCUT2D eigenvalue weighted by Gasteiger charge is -2.30. The smallest absolute Gasteiger partial charge is 0.324 e. The van der Waals surface area contributed by atoms with Crippen LogP contribution < -0.4 is 14.8 Å². The third-order valence-corrected chi connectivity index (χ3v) is 5.39. The summed E-state index contributed by atoms with van der Waals surface area (Å²) >= 11 is 0. The number of aliphatic carboxylic acids is 1. The number of ether oxygens (including phenoxy) is 2. The Bertz CT molecular complexity index is 677. The summed E-state index contributed by atoms with van der Waals surface area (Å²) in [6.45, 7) is 0.993. The third-order valence-electron chi connectivity index (χ3n) is 5.39. The number of rotatable bonds is 6. The summed E-state index contributed by atoms with van der Waals surface area (Å²) in [5.41, 5.74) is 0.000336. The fraction of sp³-hybridized carbons (Fsp3) is 0.556. The van der Waals surface area contributed by atoms with Crippen LogP contribution in [-0.2, 0) is 16.1 Å². The fourth-order valence-corrected chi connectivity index (χ4v) is 4.06. The van der Waals surface area contributed by atoms with Gasteiger partial charge in [0.2, 0.25) is 5.91 Å². The predicted molar refractivity (Wildman–Crippen MR) is 90.7 cm³/mol. The van der Waals surface area contributed by atoms with Crippen LogP contribution in [0.1, 0.15) is 31.2 Å². The number of carboxylic acids is 1. The number of carboxylic acid groups (broad SMARTS) is 1. The highest BCUT2D eigenvalue weighted by Gasteiger charge is 2.56. The molecule has 0 saturated carbocycles. The van der Waals surface area contributed by atoms with Gasteiger partial charge in [0.15, 0.2) is 0 Å². The molecule has 136 valence electrons. The molecule has 0 aliphatic carbocycles. The second kappa shape index (κ2) is 6.92. The highest BCUT2D eigenvalue weighted by molar-refractivity contribution is 5.86. The monoisotopic (exact) mass is 348 g/mol. The SMILES string of the molecule is COc1ccc(CNC(=O)C2CCC3(C(=O)O)CCCN23)c(OC)c1. The molecule has 1 aromatic carbocycles. The van der Waals surface area contributed by atoms with Gasteiger partial charge in [-0.2, -0.15) is 0 Å². The second-order valence-electron chi connectivity index (χ2n) is 6.58. The van der Waals surface area contributed by atoms with Crippen molar-refractivity contribution in [3.8, 4) is 11.5 Å². The van der Waals surface area contributed by atoms with Crippen molar-refractivity contribution in [2.24, 2.45) is 0 Å². The van der Waals surface area contributed by atoms with Crippen molar-refractivity contribution < 1.29 is 24.2 Å². The zero-order chi connectivity index (χ0) is 18.0.